The van der Waals surface area contributed by atoms with Gasteiger partial charge < -0.3 is 5.32 Å². The lowest BCUT2D eigenvalue weighted by Crippen LogP contribution is -2.61. The molecule has 1 N–H and O–H groups in total. The van der Waals surface area contributed by atoms with Crippen LogP contribution in [0.5, 0.6) is 0 Å². The van der Waals surface area contributed by atoms with Crippen molar-refractivity contribution in [1.82, 2.24) is 10.2 Å². The van der Waals surface area contributed by atoms with Crippen LogP contribution in [0.2, 0.25) is 0 Å². The van der Waals surface area contributed by atoms with Crippen LogP contribution < -0.4 is 5.32 Å². The molecule has 1 saturated heterocycles. The van der Waals surface area contributed by atoms with Crippen LogP contribution in [0.4, 0.5) is 0 Å². The summed E-state index contributed by atoms with van der Waals surface area (Å²) in [7, 11) is 0. The van der Waals surface area contributed by atoms with Gasteiger partial charge in [0.05, 0.1) is 0 Å². The average Bonchev–Trinajstić information content (AvgIpc) is 2.98. The van der Waals surface area contributed by atoms with Crippen LogP contribution in [0.3, 0.4) is 0 Å². The van der Waals surface area contributed by atoms with E-state index in [0.717, 1.165) is 12.5 Å². The number of likely N-dealkylation sites (N-methyl/N-ethyl adjacent to an activating group) is 1. The van der Waals surface area contributed by atoms with E-state index in [1.165, 1.54) is 70.9 Å². The summed E-state index contributed by atoms with van der Waals surface area (Å²) in [5.41, 5.74) is 0.486. The van der Waals surface area contributed by atoms with E-state index in [0.29, 0.717) is 11.6 Å². The van der Waals surface area contributed by atoms with E-state index >= 15 is 0 Å². The van der Waals surface area contributed by atoms with Crippen molar-refractivity contribution in [2.45, 2.75) is 90.1 Å². The Morgan fingerprint density at radius 3 is 2.20 bits per heavy atom. The highest BCUT2D eigenvalue weighted by Crippen LogP contribution is 2.41. The number of hydrogen-bond donors (Lipinski definition) is 1. The molecule has 0 bridgehead atoms. The SMILES string of the molecule is CCNC(CC(C)CC)C1(N2CCCCC2)CCCC1. The molecule has 1 aliphatic heterocycles. The van der Waals surface area contributed by atoms with Gasteiger partial charge in [-0.3, -0.25) is 4.90 Å². The minimum absolute atomic E-state index is 0.486. The molecule has 118 valence electrons. The lowest BCUT2D eigenvalue weighted by Gasteiger charge is -2.49. The normalized spacial score (nSPS) is 26.6. The standard InChI is InChI=1S/C18H36N2/c1-4-16(3)15-17(19-5-2)18(11-7-8-12-18)20-13-9-6-10-14-20/h16-17,19H,4-15H2,1-3H3. The Hall–Kier alpha value is -0.0800. The average molecular weight is 280 g/mol. The maximum atomic E-state index is 3.89. The van der Waals surface area contributed by atoms with Crippen molar-refractivity contribution >= 4 is 0 Å². The summed E-state index contributed by atoms with van der Waals surface area (Å²) in [6, 6.07) is 0.711. The van der Waals surface area contributed by atoms with Crippen LogP contribution in [0.25, 0.3) is 0 Å². The maximum Gasteiger partial charge on any atom is 0.0362 e. The van der Waals surface area contributed by atoms with Gasteiger partial charge in [-0.1, -0.05) is 46.5 Å². The Morgan fingerprint density at radius 2 is 1.65 bits per heavy atom. The molecular weight excluding hydrogens is 244 g/mol. The first-order valence-corrected chi connectivity index (χ1v) is 9.21. The first kappa shape index (κ1) is 16.3. The number of likely N-dealkylation sites (tertiary alicyclic amines) is 1. The van der Waals surface area contributed by atoms with Crippen molar-refractivity contribution in [1.29, 1.82) is 0 Å². The minimum Gasteiger partial charge on any atom is -0.312 e. The quantitative estimate of drug-likeness (QED) is 0.752. The molecular formula is C18H36N2. The van der Waals surface area contributed by atoms with Gasteiger partial charge in [-0.05, 0) is 57.7 Å². The molecule has 2 rings (SSSR count). The third-order valence-corrected chi connectivity index (χ3v) is 5.89. The lowest BCUT2D eigenvalue weighted by molar-refractivity contribution is 0.0298. The molecule has 2 fully saturated rings. The van der Waals surface area contributed by atoms with Gasteiger partial charge in [-0.25, -0.2) is 0 Å². The molecule has 0 amide bonds. The predicted octanol–water partition coefficient (Wildman–Crippen LogP) is 4.20. The highest BCUT2D eigenvalue weighted by Gasteiger charge is 2.45. The van der Waals surface area contributed by atoms with Gasteiger partial charge >= 0.3 is 0 Å². The molecule has 2 aliphatic rings. The fourth-order valence-electron chi connectivity index (χ4n) is 4.52. The van der Waals surface area contributed by atoms with E-state index < -0.39 is 0 Å². The second kappa shape index (κ2) is 7.79. The van der Waals surface area contributed by atoms with E-state index in [1.54, 1.807) is 0 Å². The summed E-state index contributed by atoms with van der Waals surface area (Å²) in [4.78, 5) is 2.89. The number of piperidine rings is 1. The summed E-state index contributed by atoms with van der Waals surface area (Å²) in [5, 5.41) is 3.89. The molecule has 1 heterocycles. The van der Waals surface area contributed by atoms with Gasteiger partial charge in [-0.2, -0.15) is 0 Å². The molecule has 0 spiro atoms. The molecule has 2 heteroatoms. The molecule has 2 unspecified atom stereocenters. The molecule has 0 aromatic heterocycles. The Bertz CT molecular complexity index is 265. The van der Waals surface area contributed by atoms with Crippen LogP contribution in [-0.2, 0) is 0 Å². The topological polar surface area (TPSA) is 15.3 Å². The number of rotatable bonds is 7. The second-order valence-corrected chi connectivity index (χ2v) is 7.22. The highest BCUT2D eigenvalue weighted by molar-refractivity contribution is 5.04. The zero-order valence-corrected chi connectivity index (χ0v) is 14.1. The van der Waals surface area contributed by atoms with Crippen molar-refractivity contribution in [2.75, 3.05) is 19.6 Å². The number of hydrogen-bond acceptors (Lipinski definition) is 2. The van der Waals surface area contributed by atoms with Crippen LogP contribution in [-0.4, -0.2) is 36.1 Å². The third-order valence-electron chi connectivity index (χ3n) is 5.89. The van der Waals surface area contributed by atoms with Crippen molar-refractivity contribution in [3.63, 3.8) is 0 Å². The van der Waals surface area contributed by atoms with Gasteiger partial charge in [0.15, 0.2) is 0 Å². The van der Waals surface area contributed by atoms with Crippen LogP contribution in [0.1, 0.15) is 78.6 Å². The molecule has 0 radical (unpaired) electrons. The van der Waals surface area contributed by atoms with Crippen LogP contribution >= 0.6 is 0 Å². The summed E-state index contributed by atoms with van der Waals surface area (Å²) in [6.45, 7) is 10.9. The predicted molar refractivity (Wildman–Crippen MR) is 88.2 cm³/mol. The fourth-order valence-corrected chi connectivity index (χ4v) is 4.52. The molecule has 0 aromatic rings. The second-order valence-electron chi connectivity index (χ2n) is 7.22. The Labute approximate surface area is 126 Å². The highest BCUT2D eigenvalue weighted by atomic mass is 15.2. The van der Waals surface area contributed by atoms with E-state index in [-0.39, 0.29) is 0 Å². The first-order valence-electron chi connectivity index (χ1n) is 9.21. The third kappa shape index (κ3) is 3.57. The van der Waals surface area contributed by atoms with Gasteiger partial charge in [-0.15, -0.1) is 0 Å². The maximum absolute atomic E-state index is 3.89. The van der Waals surface area contributed by atoms with Crippen molar-refractivity contribution < 1.29 is 0 Å². The zero-order chi connectivity index (χ0) is 14.4. The van der Waals surface area contributed by atoms with E-state index in [2.05, 4.69) is 31.0 Å². The molecule has 1 aliphatic carbocycles. The van der Waals surface area contributed by atoms with Crippen molar-refractivity contribution in [3.05, 3.63) is 0 Å². The molecule has 2 nitrogen and oxygen atoms in total. The number of nitrogens with zero attached hydrogens (tertiary/aromatic N) is 1. The molecule has 0 aromatic carbocycles. The smallest absolute Gasteiger partial charge is 0.0362 e. The van der Waals surface area contributed by atoms with E-state index in [4.69, 9.17) is 0 Å². The summed E-state index contributed by atoms with van der Waals surface area (Å²) < 4.78 is 0. The van der Waals surface area contributed by atoms with Gasteiger partial charge in [0, 0.05) is 11.6 Å². The fraction of sp³-hybridized carbons (Fsp3) is 1.00. The Balaban J connectivity index is 2.13. The Morgan fingerprint density at radius 1 is 1.00 bits per heavy atom. The summed E-state index contributed by atoms with van der Waals surface area (Å²) >= 11 is 0. The molecule has 1 saturated carbocycles. The summed E-state index contributed by atoms with van der Waals surface area (Å²) in [5.74, 6) is 0.848. The van der Waals surface area contributed by atoms with E-state index in [1.807, 2.05) is 0 Å². The van der Waals surface area contributed by atoms with Gasteiger partial charge in [0.2, 0.25) is 0 Å². The monoisotopic (exact) mass is 280 g/mol. The van der Waals surface area contributed by atoms with E-state index in [9.17, 15) is 0 Å². The summed E-state index contributed by atoms with van der Waals surface area (Å²) in [6.07, 6.45) is 12.7. The Kier molecular flexibility index (Phi) is 6.35. The van der Waals surface area contributed by atoms with Crippen molar-refractivity contribution in [3.8, 4) is 0 Å². The largest absolute Gasteiger partial charge is 0.312 e. The van der Waals surface area contributed by atoms with Crippen molar-refractivity contribution in [2.24, 2.45) is 5.92 Å². The lowest BCUT2D eigenvalue weighted by atomic mass is 9.79. The first-order chi connectivity index (χ1) is 9.73. The van der Waals surface area contributed by atoms with Gasteiger partial charge in [0.25, 0.3) is 0 Å². The molecule has 20 heavy (non-hydrogen) atoms. The number of nitrogens with one attached hydrogen (secondary N) is 1. The molecule has 2 atom stereocenters. The van der Waals surface area contributed by atoms with Gasteiger partial charge in [0.1, 0.15) is 0 Å². The van der Waals surface area contributed by atoms with Crippen LogP contribution in [0, 0.1) is 5.92 Å². The van der Waals surface area contributed by atoms with Crippen LogP contribution in [0.15, 0.2) is 0 Å². The zero-order valence-electron chi connectivity index (χ0n) is 14.1. The minimum atomic E-state index is 0.486.